The molecular weight excluding hydrogens is 240 g/mol. The van der Waals surface area contributed by atoms with Gasteiger partial charge in [0.15, 0.2) is 0 Å². The van der Waals surface area contributed by atoms with Crippen molar-refractivity contribution in [1.82, 2.24) is 0 Å². The van der Waals surface area contributed by atoms with Crippen molar-refractivity contribution in [2.45, 2.75) is 103 Å². The molecule has 116 valence electrons. The molecule has 20 heavy (non-hydrogen) atoms. The minimum Gasteiger partial charge on any atom is -0.103 e. The zero-order valence-corrected chi connectivity index (χ0v) is 13.7. The van der Waals surface area contributed by atoms with Crippen LogP contribution in [0.25, 0.3) is 0 Å². The normalized spacial score (nSPS) is 13.5. The molecule has 0 nitrogen and oxygen atoms in total. The zero-order valence-electron chi connectivity index (χ0n) is 13.7. The SMILES string of the molecule is C=CCCCCCCCCCCCCCCC=C1CC1. The summed E-state index contributed by atoms with van der Waals surface area (Å²) in [6.07, 6.45) is 27.2. The topological polar surface area (TPSA) is 0 Å². The second-order valence-electron chi connectivity index (χ2n) is 6.47. The van der Waals surface area contributed by atoms with Gasteiger partial charge in [-0.15, -0.1) is 6.58 Å². The molecule has 0 N–H and O–H groups in total. The minimum absolute atomic E-state index is 1.21. The van der Waals surface area contributed by atoms with Crippen LogP contribution in [0.2, 0.25) is 0 Å². The second kappa shape index (κ2) is 13.5. The van der Waals surface area contributed by atoms with Crippen molar-refractivity contribution in [2.75, 3.05) is 0 Å². The average molecular weight is 277 g/mol. The Morgan fingerprint density at radius 3 is 1.40 bits per heavy atom. The van der Waals surface area contributed by atoms with Gasteiger partial charge in [-0.3, -0.25) is 0 Å². The van der Waals surface area contributed by atoms with Gasteiger partial charge in [-0.25, -0.2) is 0 Å². The molecule has 1 aliphatic rings. The Morgan fingerprint density at radius 1 is 0.600 bits per heavy atom. The first-order valence-electron chi connectivity index (χ1n) is 9.22. The van der Waals surface area contributed by atoms with Gasteiger partial charge in [0, 0.05) is 0 Å². The monoisotopic (exact) mass is 276 g/mol. The van der Waals surface area contributed by atoms with E-state index in [9.17, 15) is 0 Å². The first kappa shape index (κ1) is 17.5. The van der Waals surface area contributed by atoms with Crippen molar-refractivity contribution in [2.24, 2.45) is 0 Å². The molecule has 0 aromatic rings. The molecule has 1 aliphatic carbocycles. The van der Waals surface area contributed by atoms with E-state index >= 15 is 0 Å². The standard InChI is InChI=1S/C20H36/c1-2-3-4-5-6-7-8-9-10-11-12-13-14-15-16-17-20-18-19-20/h2,17H,1,3-16,18-19H2. The molecule has 0 heterocycles. The third-order valence-electron chi connectivity index (χ3n) is 4.33. The summed E-state index contributed by atoms with van der Waals surface area (Å²) in [5, 5.41) is 0. The molecule has 0 radical (unpaired) electrons. The van der Waals surface area contributed by atoms with E-state index in [2.05, 4.69) is 12.7 Å². The van der Waals surface area contributed by atoms with Crippen LogP contribution in [0.1, 0.15) is 103 Å². The quantitative estimate of drug-likeness (QED) is 0.216. The van der Waals surface area contributed by atoms with Gasteiger partial charge in [-0.05, 0) is 38.5 Å². The van der Waals surface area contributed by atoms with Gasteiger partial charge >= 0.3 is 0 Å². The van der Waals surface area contributed by atoms with E-state index < -0.39 is 0 Å². The van der Waals surface area contributed by atoms with Crippen LogP contribution in [-0.4, -0.2) is 0 Å². The van der Waals surface area contributed by atoms with E-state index in [1.54, 1.807) is 5.57 Å². The molecule has 0 spiro atoms. The third kappa shape index (κ3) is 12.5. The number of rotatable bonds is 15. The molecule has 0 aliphatic heterocycles. The summed E-state index contributed by atoms with van der Waals surface area (Å²) >= 11 is 0. The Kier molecular flexibility index (Phi) is 11.8. The fourth-order valence-electron chi connectivity index (χ4n) is 2.78. The Bertz CT molecular complexity index is 243. The highest BCUT2D eigenvalue weighted by Crippen LogP contribution is 2.28. The lowest BCUT2D eigenvalue weighted by molar-refractivity contribution is 0.542. The fourth-order valence-corrected chi connectivity index (χ4v) is 2.78. The van der Waals surface area contributed by atoms with E-state index in [1.807, 2.05) is 6.08 Å². The first-order chi connectivity index (χ1) is 9.93. The molecule has 0 bridgehead atoms. The van der Waals surface area contributed by atoms with Crippen LogP contribution in [0.5, 0.6) is 0 Å². The van der Waals surface area contributed by atoms with Crippen LogP contribution in [0.4, 0.5) is 0 Å². The van der Waals surface area contributed by atoms with E-state index in [0.717, 1.165) is 0 Å². The molecule has 0 unspecified atom stereocenters. The highest BCUT2D eigenvalue weighted by Gasteiger charge is 2.08. The zero-order chi connectivity index (χ0) is 14.3. The maximum absolute atomic E-state index is 3.77. The van der Waals surface area contributed by atoms with Crippen LogP contribution in [0, 0.1) is 0 Å². The molecule has 1 rings (SSSR count). The molecule has 0 aromatic carbocycles. The summed E-state index contributed by atoms with van der Waals surface area (Å²) in [4.78, 5) is 0. The third-order valence-corrected chi connectivity index (χ3v) is 4.33. The minimum atomic E-state index is 1.21. The predicted molar refractivity (Wildman–Crippen MR) is 92.2 cm³/mol. The van der Waals surface area contributed by atoms with Gasteiger partial charge in [0.2, 0.25) is 0 Å². The summed E-state index contributed by atoms with van der Waals surface area (Å²) in [6, 6.07) is 0. The van der Waals surface area contributed by atoms with Crippen LogP contribution < -0.4 is 0 Å². The molecule has 0 heteroatoms. The van der Waals surface area contributed by atoms with Crippen molar-refractivity contribution < 1.29 is 0 Å². The van der Waals surface area contributed by atoms with Crippen molar-refractivity contribution in [3.8, 4) is 0 Å². The average Bonchev–Trinajstić information content (AvgIpc) is 3.27. The number of hydrogen-bond donors (Lipinski definition) is 0. The highest BCUT2D eigenvalue weighted by atomic mass is 14.1. The van der Waals surface area contributed by atoms with E-state index in [-0.39, 0.29) is 0 Å². The Hall–Kier alpha value is -0.520. The maximum atomic E-state index is 3.77. The van der Waals surface area contributed by atoms with Gasteiger partial charge < -0.3 is 0 Å². The Labute approximate surface area is 127 Å². The lowest BCUT2D eigenvalue weighted by atomic mass is 10.0. The van der Waals surface area contributed by atoms with Crippen LogP contribution in [0.15, 0.2) is 24.3 Å². The number of hydrogen-bond acceptors (Lipinski definition) is 0. The predicted octanol–water partition coefficient (Wildman–Crippen LogP) is 7.35. The van der Waals surface area contributed by atoms with Crippen molar-refractivity contribution in [3.63, 3.8) is 0 Å². The lowest BCUT2D eigenvalue weighted by Gasteiger charge is -2.02. The number of allylic oxidation sites excluding steroid dienone is 3. The molecule has 1 fully saturated rings. The van der Waals surface area contributed by atoms with Gasteiger partial charge in [-0.1, -0.05) is 81.9 Å². The maximum Gasteiger partial charge on any atom is -0.0283 e. The highest BCUT2D eigenvalue weighted by molar-refractivity contribution is 5.15. The fraction of sp³-hybridized carbons (Fsp3) is 0.800. The smallest absolute Gasteiger partial charge is 0.0283 e. The molecular formula is C20H36. The van der Waals surface area contributed by atoms with E-state index in [0.29, 0.717) is 0 Å². The molecule has 0 aromatic heterocycles. The summed E-state index contributed by atoms with van der Waals surface area (Å²) in [7, 11) is 0. The van der Waals surface area contributed by atoms with Crippen LogP contribution in [0.3, 0.4) is 0 Å². The Morgan fingerprint density at radius 2 is 1.00 bits per heavy atom. The summed E-state index contributed by atoms with van der Waals surface area (Å²) in [5.41, 5.74) is 1.72. The van der Waals surface area contributed by atoms with Gasteiger partial charge in [0.05, 0.1) is 0 Å². The Balaban J connectivity index is 1.64. The van der Waals surface area contributed by atoms with Crippen molar-refractivity contribution in [1.29, 1.82) is 0 Å². The largest absolute Gasteiger partial charge is 0.103 e. The summed E-state index contributed by atoms with van der Waals surface area (Å²) in [6.45, 7) is 3.77. The van der Waals surface area contributed by atoms with Crippen LogP contribution >= 0.6 is 0 Å². The van der Waals surface area contributed by atoms with E-state index in [1.165, 1.54) is 103 Å². The van der Waals surface area contributed by atoms with Crippen LogP contribution in [-0.2, 0) is 0 Å². The summed E-state index contributed by atoms with van der Waals surface area (Å²) < 4.78 is 0. The first-order valence-corrected chi connectivity index (χ1v) is 9.22. The molecule has 0 saturated heterocycles. The summed E-state index contributed by atoms with van der Waals surface area (Å²) in [5.74, 6) is 0. The van der Waals surface area contributed by atoms with Crippen molar-refractivity contribution in [3.05, 3.63) is 24.3 Å². The molecule has 0 atom stereocenters. The second-order valence-corrected chi connectivity index (χ2v) is 6.47. The van der Waals surface area contributed by atoms with Crippen molar-refractivity contribution >= 4 is 0 Å². The van der Waals surface area contributed by atoms with Gasteiger partial charge in [-0.2, -0.15) is 0 Å². The van der Waals surface area contributed by atoms with Gasteiger partial charge in [0.25, 0.3) is 0 Å². The van der Waals surface area contributed by atoms with Gasteiger partial charge in [0.1, 0.15) is 0 Å². The number of unbranched alkanes of at least 4 members (excludes halogenated alkanes) is 13. The molecule has 0 amide bonds. The lowest BCUT2D eigenvalue weighted by Crippen LogP contribution is -1.82. The molecule has 1 saturated carbocycles. The van der Waals surface area contributed by atoms with E-state index in [4.69, 9.17) is 0 Å².